The third-order valence-electron chi connectivity index (χ3n) is 5.35. The number of carbonyl (C=O) groups excluding carboxylic acids is 1. The van der Waals surface area contributed by atoms with E-state index in [1.165, 1.54) is 7.11 Å². The molecule has 1 aromatic heterocycles. The molecule has 0 saturated carbocycles. The largest absolute Gasteiger partial charge is 0.468 e. The molecule has 0 spiro atoms. The Labute approximate surface area is 161 Å². The predicted molar refractivity (Wildman–Crippen MR) is 94.9 cm³/mol. The van der Waals surface area contributed by atoms with E-state index in [9.17, 15) is 13.6 Å². The standard InChI is InChI=1S/C19H22F2N4O3/c1-27-18(26)9-25-7-11-6-24(8-17(11)23-25)13-5-16(22)19(28-10-13)14-4-12(20)2-3-15(14)21/h2-4,7,13,16,19H,5-6,8-10,22H2,1H3/t13-,16+,19?/m1/s1. The summed E-state index contributed by atoms with van der Waals surface area (Å²) in [6.45, 7) is 1.77. The van der Waals surface area contributed by atoms with Gasteiger partial charge < -0.3 is 15.2 Å². The molecular formula is C19H22F2N4O3. The van der Waals surface area contributed by atoms with E-state index in [0.29, 0.717) is 26.1 Å². The van der Waals surface area contributed by atoms with Crippen LogP contribution < -0.4 is 5.73 Å². The molecule has 0 radical (unpaired) electrons. The van der Waals surface area contributed by atoms with Crippen molar-refractivity contribution < 1.29 is 23.0 Å². The van der Waals surface area contributed by atoms with Gasteiger partial charge in [0.1, 0.15) is 24.3 Å². The first-order valence-corrected chi connectivity index (χ1v) is 9.12. The minimum absolute atomic E-state index is 0.0612. The van der Waals surface area contributed by atoms with Crippen molar-refractivity contribution in [3.05, 3.63) is 52.9 Å². The van der Waals surface area contributed by atoms with Gasteiger partial charge in [-0.25, -0.2) is 8.78 Å². The third kappa shape index (κ3) is 3.65. The fourth-order valence-corrected chi connectivity index (χ4v) is 3.92. The average molecular weight is 392 g/mol. The number of hydrogen-bond acceptors (Lipinski definition) is 6. The van der Waals surface area contributed by atoms with E-state index in [0.717, 1.165) is 29.5 Å². The molecule has 1 unspecified atom stereocenters. The van der Waals surface area contributed by atoms with Crippen LogP contribution in [0.3, 0.4) is 0 Å². The zero-order chi connectivity index (χ0) is 19.8. The molecule has 0 amide bonds. The Bertz CT molecular complexity index is 865. The van der Waals surface area contributed by atoms with Gasteiger partial charge in [0.15, 0.2) is 0 Å². The molecule has 1 saturated heterocycles. The molecule has 150 valence electrons. The van der Waals surface area contributed by atoms with Crippen molar-refractivity contribution in [2.75, 3.05) is 13.7 Å². The average Bonchev–Trinajstić information content (AvgIpc) is 3.22. The smallest absolute Gasteiger partial charge is 0.327 e. The Kier molecular flexibility index (Phi) is 5.13. The summed E-state index contributed by atoms with van der Waals surface area (Å²) >= 11 is 0. The molecular weight excluding hydrogens is 370 g/mol. The number of nitrogens with zero attached hydrogens (tertiary/aromatic N) is 3. The lowest BCUT2D eigenvalue weighted by Gasteiger charge is -2.38. The van der Waals surface area contributed by atoms with Gasteiger partial charge >= 0.3 is 5.97 Å². The van der Waals surface area contributed by atoms with Crippen LogP contribution in [0.5, 0.6) is 0 Å². The van der Waals surface area contributed by atoms with Crippen molar-refractivity contribution in [2.24, 2.45) is 5.73 Å². The summed E-state index contributed by atoms with van der Waals surface area (Å²) in [4.78, 5) is 13.6. The second kappa shape index (κ2) is 7.57. The fraction of sp³-hybridized carbons (Fsp3) is 0.474. The number of fused-ring (bicyclic) bond motifs is 1. The Morgan fingerprint density at radius 2 is 2.21 bits per heavy atom. The summed E-state index contributed by atoms with van der Waals surface area (Å²) in [7, 11) is 1.34. The van der Waals surface area contributed by atoms with Crippen LogP contribution in [0.1, 0.15) is 29.3 Å². The van der Waals surface area contributed by atoms with Crippen LogP contribution in [0.2, 0.25) is 0 Å². The molecule has 0 aliphatic carbocycles. The first-order valence-electron chi connectivity index (χ1n) is 9.12. The summed E-state index contributed by atoms with van der Waals surface area (Å²) in [6.07, 6.45) is 1.79. The molecule has 1 fully saturated rings. The van der Waals surface area contributed by atoms with Crippen LogP contribution >= 0.6 is 0 Å². The Morgan fingerprint density at radius 1 is 1.39 bits per heavy atom. The lowest BCUT2D eigenvalue weighted by Crippen LogP contribution is -2.47. The van der Waals surface area contributed by atoms with E-state index < -0.39 is 23.8 Å². The molecule has 28 heavy (non-hydrogen) atoms. The van der Waals surface area contributed by atoms with E-state index in [-0.39, 0.29) is 24.1 Å². The Balaban J connectivity index is 1.39. The number of methoxy groups -OCH3 is 1. The van der Waals surface area contributed by atoms with E-state index in [4.69, 9.17) is 10.5 Å². The molecule has 0 bridgehead atoms. The first-order chi connectivity index (χ1) is 13.4. The number of aromatic nitrogens is 2. The number of benzene rings is 1. The van der Waals surface area contributed by atoms with E-state index in [1.807, 2.05) is 6.20 Å². The monoisotopic (exact) mass is 392 g/mol. The molecule has 3 atom stereocenters. The second-order valence-electron chi connectivity index (χ2n) is 7.25. The summed E-state index contributed by atoms with van der Waals surface area (Å²) in [6, 6.07) is 2.94. The number of ether oxygens (including phenoxy) is 2. The van der Waals surface area contributed by atoms with Gasteiger partial charge in [0.05, 0.1) is 19.4 Å². The minimum atomic E-state index is -0.666. The zero-order valence-corrected chi connectivity index (χ0v) is 15.5. The van der Waals surface area contributed by atoms with Crippen LogP contribution in [0.25, 0.3) is 0 Å². The number of halogens is 2. The molecule has 9 heteroatoms. The highest BCUT2D eigenvalue weighted by Crippen LogP contribution is 2.34. The molecule has 3 heterocycles. The van der Waals surface area contributed by atoms with Gasteiger partial charge in [-0.2, -0.15) is 5.10 Å². The quantitative estimate of drug-likeness (QED) is 0.795. The Hall–Kier alpha value is -2.36. The normalized spacial score (nSPS) is 24.9. The highest BCUT2D eigenvalue weighted by molar-refractivity contribution is 5.68. The van der Waals surface area contributed by atoms with Gasteiger partial charge in [-0.1, -0.05) is 0 Å². The number of carbonyl (C=O) groups is 1. The lowest BCUT2D eigenvalue weighted by molar-refractivity contribution is -0.141. The first kappa shape index (κ1) is 19.0. The van der Waals surface area contributed by atoms with E-state index in [1.54, 1.807) is 4.68 Å². The number of rotatable bonds is 4. The summed E-state index contributed by atoms with van der Waals surface area (Å²) in [5.41, 5.74) is 8.38. The van der Waals surface area contributed by atoms with Gasteiger partial charge in [-0.15, -0.1) is 0 Å². The molecule has 2 aliphatic rings. The van der Waals surface area contributed by atoms with Gasteiger partial charge in [-0.05, 0) is 24.6 Å². The van der Waals surface area contributed by atoms with Crippen molar-refractivity contribution >= 4 is 5.97 Å². The molecule has 2 aliphatic heterocycles. The van der Waals surface area contributed by atoms with Crippen molar-refractivity contribution in [3.63, 3.8) is 0 Å². The van der Waals surface area contributed by atoms with Crippen molar-refractivity contribution in [1.29, 1.82) is 0 Å². The zero-order valence-electron chi connectivity index (χ0n) is 15.5. The SMILES string of the molecule is COC(=O)Cn1cc2c(n1)CN([C@H]1COC(c3cc(F)ccc3F)[C@@H](N)C1)C2. The van der Waals surface area contributed by atoms with Crippen molar-refractivity contribution in [3.8, 4) is 0 Å². The van der Waals surface area contributed by atoms with Crippen LogP contribution in [0.15, 0.2) is 24.4 Å². The molecule has 1 aromatic carbocycles. The fourth-order valence-electron chi connectivity index (χ4n) is 3.92. The van der Waals surface area contributed by atoms with Gasteiger partial charge in [0, 0.05) is 42.5 Å². The van der Waals surface area contributed by atoms with Gasteiger partial charge in [0.25, 0.3) is 0 Å². The summed E-state index contributed by atoms with van der Waals surface area (Å²) in [5, 5.41) is 4.44. The predicted octanol–water partition coefficient (Wildman–Crippen LogP) is 1.51. The van der Waals surface area contributed by atoms with Crippen LogP contribution in [-0.4, -0.2) is 46.5 Å². The van der Waals surface area contributed by atoms with Gasteiger partial charge in [-0.3, -0.25) is 14.4 Å². The maximum absolute atomic E-state index is 14.1. The summed E-state index contributed by atoms with van der Waals surface area (Å²) < 4.78 is 39.6. The van der Waals surface area contributed by atoms with Crippen molar-refractivity contribution in [2.45, 2.75) is 44.2 Å². The molecule has 7 nitrogen and oxygen atoms in total. The highest BCUT2D eigenvalue weighted by atomic mass is 19.1. The second-order valence-corrected chi connectivity index (χ2v) is 7.25. The van der Waals surface area contributed by atoms with Crippen LogP contribution in [-0.2, 0) is 33.9 Å². The topological polar surface area (TPSA) is 82.6 Å². The number of hydrogen-bond donors (Lipinski definition) is 1. The van der Waals surface area contributed by atoms with E-state index >= 15 is 0 Å². The Morgan fingerprint density at radius 3 is 2.93 bits per heavy atom. The van der Waals surface area contributed by atoms with Crippen molar-refractivity contribution in [1.82, 2.24) is 14.7 Å². The lowest BCUT2D eigenvalue weighted by atomic mass is 9.93. The number of esters is 1. The number of nitrogens with two attached hydrogens (primary N) is 1. The third-order valence-corrected chi connectivity index (χ3v) is 5.35. The summed E-state index contributed by atoms with van der Waals surface area (Å²) in [5.74, 6) is -1.37. The maximum atomic E-state index is 14.1. The minimum Gasteiger partial charge on any atom is -0.468 e. The van der Waals surface area contributed by atoms with Gasteiger partial charge in [0.2, 0.25) is 0 Å². The van der Waals surface area contributed by atoms with Crippen LogP contribution in [0.4, 0.5) is 8.78 Å². The van der Waals surface area contributed by atoms with E-state index in [2.05, 4.69) is 14.7 Å². The maximum Gasteiger partial charge on any atom is 0.327 e. The van der Waals surface area contributed by atoms with Crippen LogP contribution in [0, 0.1) is 11.6 Å². The molecule has 2 N–H and O–H groups in total. The highest BCUT2D eigenvalue weighted by Gasteiger charge is 2.37. The molecule has 4 rings (SSSR count). The molecule has 2 aromatic rings.